The first kappa shape index (κ1) is 19.6. The van der Waals surface area contributed by atoms with E-state index in [9.17, 15) is 17.6 Å². The van der Waals surface area contributed by atoms with Gasteiger partial charge < -0.3 is 4.74 Å². The van der Waals surface area contributed by atoms with Crippen molar-refractivity contribution in [3.05, 3.63) is 54.0 Å². The number of carbonyl (C=O) groups is 1. The molecule has 8 heteroatoms. The van der Waals surface area contributed by atoms with E-state index in [1.165, 1.54) is 16.7 Å². The Hall–Kier alpha value is -2.71. The Kier molecular flexibility index (Phi) is 4.32. The second-order valence-corrected chi connectivity index (χ2v) is 9.83. The van der Waals surface area contributed by atoms with E-state index in [-0.39, 0.29) is 10.9 Å². The zero-order chi connectivity index (χ0) is 21.1. The van der Waals surface area contributed by atoms with Crippen molar-refractivity contribution in [2.75, 3.05) is 0 Å². The molecule has 29 heavy (non-hydrogen) atoms. The molecule has 0 spiro atoms. The van der Waals surface area contributed by atoms with Crippen LogP contribution in [0.25, 0.3) is 22.0 Å². The van der Waals surface area contributed by atoms with Gasteiger partial charge in [0.25, 0.3) is 0 Å². The van der Waals surface area contributed by atoms with Gasteiger partial charge >= 0.3 is 6.09 Å². The summed E-state index contributed by atoms with van der Waals surface area (Å²) >= 11 is 0. The summed E-state index contributed by atoms with van der Waals surface area (Å²) in [5.74, 6) is -0.468. The minimum atomic E-state index is -3.51. The van der Waals surface area contributed by atoms with Crippen molar-refractivity contribution in [1.82, 2.24) is 9.29 Å². The number of ether oxygens (including phenoxy) is 1. The highest BCUT2D eigenvalue weighted by molar-refractivity contribution is 7.89. The van der Waals surface area contributed by atoms with Crippen molar-refractivity contribution >= 4 is 27.0 Å². The Morgan fingerprint density at radius 3 is 2.59 bits per heavy atom. The molecule has 2 aromatic carbocycles. The van der Waals surface area contributed by atoms with E-state index in [1.54, 1.807) is 58.2 Å². The van der Waals surface area contributed by atoms with Gasteiger partial charge in [-0.25, -0.2) is 22.3 Å². The maximum absolute atomic E-state index is 13.9. The van der Waals surface area contributed by atoms with E-state index < -0.39 is 27.5 Å². The van der Waals surface area contributed by atoms with Crippen molar-refractivity contribution in [2.24, 2.45) is 0 Å². The van der Waals surface area contributed by atoms with Crippen LogP contribution >= 0.6 is 0 Å². The van der Waals surface area contributed by atoms with Gasteiger partial charge in [0.1, 0.15) is 11.4 Å². The average molecular weight is 416 g/mol. The molecule has 0 saturated heterocycles. The van der Waals surface area contributed by atoms with Gasteiger partial charge in [-0.1, -0.05) is 6.07 Å². The summed E-state index contributed by atoms with van der Waals surface area (Å²) in [6.07, 6.45) is 0.986. The number of hydrogen-bond acceptors (Lipinski definition) is 4. The molecule has 0 fully saturated rings. The fourth-order valence-corrected chi connectivity index (χ4v) is 5.06. The van der Waals surface area contributed by atoms with Crippen LogP contribution in [0.4, 0.5) is 9.18 Å². The van der Waals surface area contributed by atoms with Gasteiger partial charge in [0.2, 0.25) is 10.0 Å². The number of aromatic nitrogens is 1. The molecule has 0 saturated carbocycles. The van der Waals surface area contributed by atoms with Gasteiger partial charge in [-0.3, -0.25) is 4.57 Å². The molecular weight excluding hydrogens is 395 g/mol. The largest absolute Gasteiger partial charge is 0.443 e. The van der Waals surface area contributed by atoms with E-state index in [0.717, 1.165) is 5.56 Å². The summed E-state index contributed by atoms with van der Waals surface area (Å²) in [5.41, 5.74) is 1.75. The highest BCUT2D eigenvalue weighted by Gasteiger charge is 2.31. The van der Waals surface area contributed by atoms with Gasteiger partial charge in [-0.2, -0.15) is 0 Å². The minimum Gasteiger partial charge on any atom is -0.443 e. The first-order valence-electron chi connectivity index (χ1n) is 9.17. The SMILES string of the molecule is C[C@H]1NS(=O)(=O)c2ccc(-c3cn(C(=O)OC(C)(C)C)c4cc(F)ccc34)cc21. The molecule has 4 rings (SSSR count). The maximum Gasteiger partial charge on any atom is 0.419 e. The Morgan fingerprint density at radius 1 is 1.17 bits per heavy atom. The predicted molar refractivity (Wildman–Crippen MR) is 108 cm³/mol. The molecule has 1 atom stereocenters. The fraction of sp³-hybridized carbons (Fsp3) is 0.286. The van der Waals surface area contributed by atoms with Gasteiger partial charge in [0.15, 0.2) is 0 Å². The van der Waals surface area contributed by atoms with Gasteiger partial charge in [0, 0.05) is 23.2 Å². The summed E-state index contributed by atoms with van der Waals surface area (Å²) in [5, 5.41) is 0.665. The Balaban J connectivity index is 1.90. The Morgan fingerprint density at radius 2 is 1.90 bits per heavy atom. The lowest BCUT2D eigenvalue weighted by atomic mass is 10.00. The minimum absolute atomic E-state index is 0.246. The van der Waals surface area contributed by atoms with E-state index >= 15 is 0 Å². The topological polar surface area (TPSA) is 77.4 Å². The molecule has 0 radical (unpaired) electrons. The van der Waals surface area contributed by atoms with Crippen molar-refractivity contribution in [1.29, 1.82) is 0 Å². The molecule has 2 heterocycles. The number of benzene rings is 2. The lowest BCUT2D eigenvalue weighted by Crippen LogP contribution is -2.26. The van der Waals surface area contributed by atoms with Crippen molar-refractivity contribution in [3.8, 4) is 11.1 Å². The first-order chi connectivity index (χ1) is 13.5. The van der Waals surface area contributed by atoms with Gasteiger partial charge in [0.05, 0.1) is 10.4 Å². The lowest BCUT2D eigenvalue weighted by molar-refractivity contribution is 0.0544. The highest BCUT2D eigenvalue weighted by atomic mass is 32.2. The number of nitrogens with zero attached hydrogens (tertiary/aromatic N) is 1. The van der Waals surface area contributed by atoms with Crippen LogP contribution in [-0.4, -0.2) is 24.7 Å². The van der Waals surface area contributed by atoms with Crippen molar-refractivity contribution in [3.63, 3.8) is 0 Å². The molecule has 3 aromatic rings. The third-order valence-electron chi connectivity index (χ3n) is 4.77. The molecular formula is C21H21FN2O4S. The number of nitrogens with one attached hydrogen (secondary N) is 1. The standard InChI is InChI=1S/C21H21FN2O4S/c1-12-16-9-13(5-8-19(16)29(26,27)23-12)17-11-24(20(25)28-21(2,3)4)18-10-14(22)6-7-15(17)18/h5-12,23H,1-4H3/t12-/m1/s1. The smallest absolute Gasteiger partial charge is 0.419 e. The van der Waals surface area contributed by atoms with Crippen LogP contribution < -0.4 is 4.72 Å². The lowest BCUT2D eigenvalue weighted by Gasteiger charge is -2.19. The van der Waals surface area contributed by atoms with Crippen LogP contribution in [0.3, 0.4) is 0 Å². The molecule has 0 unspecified atom stereocenters. The second-order valence-electron chi connectivity index (χ2n) is 8.15. The molecule has 0 bridgehead atoms. The molecule has 152 valence electrons. The van der Waals surface area contributed by atoms with E-state index in [4.69, 9.17) is 4.74 Å². The summed E-state index contributed by atoms with van der Waals surface area (Å²) in [4.78, 5) is 12.9. The molecule has 0 aliphatic carbocycles. The zero-order valence-electron chi connectivity index (χ0n) is 16.5. The van der Waals surface area contributed by atoms with Crippen LogP contribution in [0.1, 0.15) is 39.3 Å². The molecule has 1 aliphatic rings. The quantitative estimate of drug-likeness (QED) is 0.630. The number of fused-ring (bicyclic) bond motifs is 2. The summed E-state index contributed by atoms with van der Waals surface area (Å²) < 4.78 is 47.6. The fourth-order valence-electron chi connectivity index (χ4n) is 3.55. The van der Waals surface area contributed by atoms with E-state index in [1.807, 2.05) is 0 Å². The number of halogens is 1. The summed E-state index contributed by atoms with van der Waals surface area (Å²) in [6.45, 7) is 7.04. The number of sulfonamides is 1. The van der Waals surface area contributed by atoms with E-state index in [2.05, 4.69) is 4.72 Å². The Bertz CT molecular complexity index is 1260. The third kappa shape index (κ3) is 3.42. The van der Waals surface area contributed by atoms with Crippen LogP contribution in [-0.2, 0) is 14.8 Å². The summed E-state index contributed by atoms with van der Waals surface area (Å²) in [7, 11) is -3.51. The predicted octanol–water partition coefficient (Wildman–Crippen LogP) is 4.58. The zero-order valence-corrected chi connectivity index (χ0v) is 17.3. The van der Waals surface area contributed by atoms with Crippen molar-refractivity contribution in [2.45, 2.75) is 44.2 Å². The number of hydrogen-bond donors (Lipinski definition) is 1. The van der Waals surface area contributed by atoms with Gasteiger partial charge in [-0.15, -0.1) is 0 Å². The van der Waals surface area contributed by atoms with Crippen LogP contribution in [0.2, 0.25) is 0 Å². The molecule has 1 aromatic heterocycles. The highest BCUT2D eigenvalue weighted by Crippen LogP contribution is 2.37. The van der Waals surface area contributed by atoms with E-state index in [0.29, 0.717) is 22.0 Å². The maximum atomic E-state index is 13.9. The first-order valence-corrected chi connectivity index (χ1v) is 10.7. The average Bonchev–Trinajstić information content (AvgIpc) is 3.08. The van der Waals surface area contributed by atoms with Gasteiger partial charge in [-0.05, 0) is 69.2 Å². The van der Waals surface area contributed by atoms with Crippen LogP contribution in [0.15, 0.2) is 47.5 Å². The molecule has 1 N–H and O–H groups in total. The number of rotatable bonds is 1. The Labute approximate surface area is 168 Å². The molecule has 0 amide bonds. The monoisotopic (exact) mass is 416 g/mol. The van der Waals surface area contributed by atoms with Crippen LogP contribution in [0.5, 0.6) is 0 Å². The second kappa shape index (κ2) is 6.40. The number of carbonyl (C=O) groups excluding carboxylic acids is 1. The van der Waals surface area contributed by atoms with Crippen LogP contribution in [0, 0.1) is 5.82 Å². The molecule has 6 nitrogen and oxygen atoms in total. The third-order valence-corrected chi connectivity index (χ3v) is 6.38. The summed E-state index contributed by atoms with van der Waals surface area (Å²) in [6, 6.07) is 8.89. The van der Waals surface area contributed by atoms with Crippen molar-refractivity contribution < 1.29 is 22.3 Å². The molecule has 1 aliphatic heterocycles. The normalized spacial score (nSPS) is 18.0.